The van der Waals surface area contributed by atoms with Crippen LogP contribution in [0.15, 0.2) is 50.5 Å². The molecule has 0 radical (unpaired) electrons. The van der Waals surface area contributed by atoms with Crippen molar-refractivity contribution in [3.63, 3.8) is 0 Å². The van der Waals surface area contributed by atoms with Crippen LogP contribution in [0.1, 0.15) is 12.2 Å². The normalized spacial score (nSPS) is 18.7. The molecular formula is C16H16FNO5S. The van der Waals surface area contributed by atoms with Gasteiger partial charge in [0.15, 0.2) is 0 Å². The van der Waals surface area contributed by atoms with E-state index in [-0.39, 0.29) is 17.5 Å². The van der Waals surface area contributed by atoms with Crippen LogP contribution in [-0.2, 0) is 10.0 Å². The highest BCUT2D eigenvalue weighted by Gasteiger charge is 2.33. The molecule has 1 fully saturated rings. The van der Waals surface area contributed by atoms with Crippen LogP contribution in [0.5, 0.6) is 5.75 Å². The fraction of sp³-hybridized carbons (Fsp3) is 0.312. The van der Waals surface area contributed by atoms with Gasteiger partial charge in [0.2, 0.25) is 10.0 Å². The maximum atomic E-state index is 13.0. The van der Waals surface area contributed by atoms with Crippen molar-refractivity contribution >= 4 is 10.0 Å². The molecule has 1 aliphatic rings. The van der Waals surface area contributed by atoms with Gasteiger partial charge in [0, 0.05) is 12.6 Å². The average molecular weight is 353 g/mol. The van der Waals surface area contributed by atoms with Crippen LogP contribution >= 0.6 is 0 Å². The standard InChI is InChI=1S/C16H16FNO5S/c1-11-8-14(9-16(19)22-11)23-13-6-7-18(10-13)24(20,21)15-4-2-12(17)3-5-15/h2-5,8-9,13H,6-7,10H2,1H3. The van der Waals surface area contributed by atoms with Crippen molar-refractivity contribution in [3.05, 3.63) is 58.4 Å². The van der Waals surface area contributed by atoms with Gasteiger partial charge in [-0.05, 0) is 37.6 Å². The number of aryl methyl sites for hydroxylation is 1. The number of benzene rings is 1. The van der Waals surface area contributed by atoms with Crippen LogP contribution in [0.25, 0.3) is 0 Å². The van der Waals surface area contributed by atoms with Crippen LogP contribution in [0, 0.1) is 12.7 Å². The Morgan fingerprint density at radius 1 is 1.25 bits per heavy atom. The van der Waals surface area contributed by atoms with Gasteiger partial charge >= 0.3 is 5.63 Å². The molecule has 1 atom stereocenters. The summed E-state index contributed by atoms with van der Waals surface area (Å²) in [6, 6.07) is 7.52. The summed E-state index contributed by atoms with van der Waals surface area (Å²) in [6.07, 6.45) is 0.140. The maximum Gasteiger partial charge on any atom is 0.339 e. The molecule has 8 heteroatoms. The van der Waals surface area contributed by atoms with Crippen molar-refractivity contribution in [3.8, 4) is 5.75 Å². The number of ether oxygens (including phenoxy) is 1. The molecule has 2 heterocycles. The summed E-state index contributed by atoms with van der Waals surface area (Å²) >= 11 is 0. The topological polar surface area (TPSA) is 76.8 Å². The van der Waals surface area contributed by atoms with Crippen LogP contribution < -0.4 is 10.4 Å². The van der Waals surface area contributed by atoms with E-state index in [0.29, 0.717) is 24.5 Å². The van der Waals surface area contributed by atoms with E-state index in [1.807, 2.05) is 0 Å². The Morgan fingerprint density at radius 3 is 2.62 bits per heavy atom. The smallest absolute Gasteiger partial charge is 0.339 e. The van der Waals surface area contributed by atoms with Gasteiger partial charge < -0.3 is 9.15 Å². The summed E-state index contributed by atoms with van der Waals surface area (Å²) in [5.74, 6) is 0.288. The first kappa shape index (κ1) is 16.7. The number of nitrogens with zero attached hydrogens (tertiary/aromatic N) is 1. The first-order chi connectivity index (χ1) is 11.3. The van der Waals surface area contributed by atoms with Crippen molar-refractivity contribution in [1.29, 1.82) is 0 Å². The second-order valence-electron chi connectivity index (χ2n) is 5.57. The van der Waals surface area contributed by atoms with Gasteiger partial charge in [0.05, 0.1) is 17.5 Å². The zero-order chi connectivity index (χ0) is 17.3. The second kappa shape index (κ2) is 6.37. The van der Waals surface area contributed by atoms with E-state index in [4.69, 9.17) is 9.15 Å². The minimum atomic E-state index is -3.69. The Hall–Kier alpha value is -2.19. The van der Waals surface area contributed by atoms with Gasteiger partial charge in [-0.25, -0.2) is 17.6 Å². The molecule has 1 saturated heterocycles. The Kier molecular flexibility index (Phi) is 4.42. The van der Waals surface area contributed by atoms with Crippen LogP contribution in [0.3, 0.4) is 0 Å². The predicted molar refractivity (Wildman–Crippen MR) is 83.9 cm³/mol. The molecule has 0 saturated carbocycles. The third kappa shape index (κ3) is 3.49. The lowest BCUT2D eigenvalue weighted by Gasteiger charge is -2.17. The van der Waals surface area contributed by atoms with Gasteiger partial charge in [-0.3, -0.25) is 0 Å². The maximum absolute atomic E-state index is 13.0. The van der Waals surface area contributed by atoms with Gasteiger partial charge in [-0.1, -0.05) is 0 Å². The Balaban J connectivity index is 1.72. The van der Waals surface area contributed by atoms with E-state index in [1.54, 1.807) is 13.0 Å². The first-order valence-corrected chi connectivity index (χ1v) is 8.83. The van der Waals surface area contributed by atoms with Gasteiger partial charge in [-0.15, -0.1) is 0 Å². The molecule has 24 heavy (non-hydrogen) atoms. The third-order valence-corrected chi connectivity index (χ3v) is 5.61. The molecule has 128 valence electrons. The molecule has 1 unspecified atom stereocenters. The highest BCUT2D eigenvalue weighted by atomic mass is 32.2. The molecule has 0 spiro atoms. The van der Waals surface area contributed by atoms with Crippen LogP contribution in [0.2, 0.25) is 0 Å². The number of halogens is 1. The molecule has 6 nitrogen and oxygen atoms in total. The molecule has 1 aliphatic heterocycles. The zero-order valence-corrected chi connectivity index (χ0v) is 13.8. The minimum absolute atomic E-state index is 0.0424. The van der Waals surface area contributed by atoms with Gasteiger partial charge in [-0.2, -0.15) is 4.31 Å². The van der Waals surface area contributed by atoms with Crippen molar-refractivity contribution in [1.82, 2.24) is 4.31 Å². The second-order valence-corrected chi connectivity index (χ2v) is 7.51. The quantitative estimate of drug-likeness (QED) is 0.839. The zero-order valence-electron chi connectivity index (χ0n) is 12.9. The van der Waals surface area contributed by atoms with Gasteiger partial charge in [0.25, 0.3) is 0 Å². The van der Waals surface area contributed by atoms with E-state index >= 15 is 0 Å². The summed E-state index contributed by atoms with van der Waals surface area (Å²) in [5, 5.41) is 0. The minimum Gasteiger partial charge on any atom is -0.489 e. The highest BCUT2D eigenvalue weighted by Crippen LogP contribution is 2.24. The fourth-order valence-electron chi connectivity index (χ4n) is 2.60. The highest BCUT2D eigenvalue weighted by molar-refractivity contribution is 7.89. The van der Waals surface area contributed by atoms with E-state index < -0.39 is 21.5 Å². The SMILES string of the molecule is Cc1cc(OC2CCN(S(=O)(=O)c3ccc(F)cc3)C2)cc(=O)o1. The monoisotopic (exact) mass is 353 g/mol. The number of hydrogen-bond donors (Lipinski definition) is 0. The Morgan fingerprint density at radius 2 is 1.96 bits per heavy atom. The molecule has 0 N–H and O–H groups in total. The lowest BCUT2D eigenvalue weighted by atomic mass is 10.3. The summed E-state index contributed by atoms with van der Waals surface area (Å²) in [6.45, 7) is 2.10. The van der Waals surface area contributed by atoms with Crippen LogP contribution in [0.4, 0.5) is 4.39 Å². The van der Waals surface area contributed by atoms with E-state index in [1.165, 1.54) is 22.5 Å². The summed E-state index contributed by atoms with van der Waals surface area (Å²) < 4.78 is 49.9. The summed E-state index contributed by atoms with van der Waals surface area (Å²) in [4.78, 5) is 11.4. The molecule has 3 rings (SSSR count). The molecule has 1 aromatic heterocycles. The number of rotatable bonds is 4. The van der Waals surface area contributed by atoms with Crippen molar-refractivity contribution in [2.24, 2.45) is 0 Å². The fourth-order valence-corrected chi connectivity index (χ4v) is 4.09. The lowest BCUT2D eigenvalue weighted by Crippen LogP contribution is -2.31. The Bertz CT molecular complexity index is 891. The molecule has 1 aromatic carbocycles. The van der Waals surface area contributed by atoms with Crippen LogP contribution in [-0.4, -0.2) is 31.9 Å². The molecular weight excluding hydrogens is 337 g/mol. The Labute approximate surface area is 138 Å². The predicted octanol–water partition coefficient (Wildman–Crippen LogP) is 1.93. The number of hydrogen-bond acceptors (Lipinski definition) is 5. The van der Waals surface area contributed by atoms with Crippen molar-refractivity contribution in [2.75, 3.05) is 13.1 Å². The van der Waals surface area contributed by atoms with E-state index in [0.717, 1.165) is 12.1 Å². The van der Waals surface area contributed by atoms with Crippen molar-refractivity contribution in [2.45, 2.75) is 24.3 Å². The van der Waals surface area contributed by atoms with Gasteiger partial charge in [0.1, 0.15) is 23.4 Å². The summed E-state index contributed by atoms with van der Waals surface area (Å²) in [7, 11) is -3.69. The third-order valence-electron chi connectivity index (χ3n) is 3.73. The van der Waals surface area contributed by atoms with E-state index in [9.17, 15) is 17.6 Å². The van der Waals surface area contributed by atoms with Crippen molar-refractivity contribution < 1.29 is 22.0 Å². The largest absolute Gasteiger partial charge is 0.489 e. The molecule has 0 aliphatic carbocycles. The molecule has 0 amide bonds. The number of sulfonamides is 1. The molecule has 0 bridgehead atoms. The molecule has 2 aromatic rings. The first-order valence-electron chi connectivity index (χ1n) is 7.39. The van der Waals surface area contributed by atoms with E-state index in [2.05, 4.69) is 0 Å². The lowest BCUT2D eigenvalue weighted by molar-refractivity contribution is 0.213. The summed E-state index contributed by atoms with van der Waals surface area (Å²) in [5.41, 5.74) is -0.515. The average Bonchev–Trinajstić information content (AvgIpc) is 2.96.